The molecule has 3 atom stereocenters. The van der Waals surface area contributed by atoms with Crippen molar-refractivity contribution in [3.8, 4) is 0 Å². The number of ketones is 1. The summed E-state index contributed by atoms with van der Waals surface area (Å²) in [4.78, 5) is 24.3. The molecule has 1 heterocycles. The largest absolute Gasteiger partial charge is 0.460 e. The average Bonchev–Trinajstić information content (AvgIpc) is 2.63. The number of esters is 1. The minimum atomic E-state index is -0.309. The van der Waals surface area contributed by atoms with Gasteiger partial charge in [0.1, 0.15) is 12.1 Å². The number of Topliss-reactive ketones (excluding diaryl/α,β-unsaturated/α-hetero) is 1. The van der Waals surface area contributed by atoms with E-state index in [4.69, 9.17) is 4.74 Å². The van der Waals surface area contributed by atoms with Crippen molar-refractivity contribution >= 4 is 11.8 Å². The molecule has 1 rings (SSSR count). The van der Waals surface area contributed by atoms with Gasteiger partial charge in [-0.3, -0.25) is 14.5 Å². The molecule has 0 aliphatic carbocycles. The van der Waals surface area contributed by atoms with Gasteiger partial charge in [-0.15, -0.1) is 0 Å². The highest BCUT2D eigenvalue weighted by atomic mass is 16.6. The van der Waals surface area contributed by atoms with Crippen LogP contribution < -0.4 is 0 Å². The smallest absolute Gasteiger partial charge is 0.306 e. The highest BCUT2D eigenvalue weighted by Gasteiger charge is 2.40. The number of hydrogen-bond acceptors (Lipinski definition) is 4. The van der Waals surface area contributed by atoms with Crippen molar-refractivity contribution in [3.63, 3.8) is 0 Å². The Morgan fingerprint density at radius 2 is 1.72 bits per heavy atom. The van der Waals surface area contributed by atoms with Crippen LogP contribution in [0, 0.1) is 5.92 Å². The first-order valence-corrected chi connectivity index (χ1v) is 6.80. The summed E-state index contributed by atoms with van der Waals surface area (Å²) < 4.78 is 5.16. The van der Waals surface area contributed by atoms with Crippen molar-refractivity contribution in [2.24, 2.45) is 5.92 Å². The number of carbonyl (C=O) groups is 2. The van der Waals surface area contributed by atoms with Crippen LogP contribution in [0.2, 0.25) is 0 Å². The zero-order valence-corrected chi connectivity index (χ0v) is 13.1. The van der Waals surface area contributed by atoms with Crippen LogP contribution in [0.4, 0.5) is 0 Å². The molecule has 0 bridgehead atoms. The summed E-state index contributed by atoms with van der Waals surface area (Å²) in [6, 6.07) is -0.309. The quantitative estimate of drug-likeness (QED) is 0.731. The van der Waals surface area contributed by atoms with E-state index in [-0.39, 0.29) is 29.8 Å². The van der Waals surface area contributed by atoms with E-state index < -0.39 is 0 Å². The first-order valence-electron chi connectivity index (χ1n) is 6.80. The number of ether oxygens (including phenoxy) is 1. The molecule has 4 heteroatoms. The number of hydrogen-bond donors (Lipinski definition) is 0. The van der Waals surface area contributed by atoms with Crippen LogP contribution in [0.1, 0.15) is 48.0 Å². The second-order valence-corrected chi connectivity index (χ2v) is 4.15. The molecule has 1 unspecified atom stereocenters. The summed E-state index contributed by atoms with van der Waals surface area (Å²) in [5.74, 6) is -0.0315. The van der Waals surface area contributed by atoms with Crippen LogP contribution in [-0.4, -0.2) is 42.9 Å². The third-order valence-corrected chi connectivity index (χ3v) is 2.60. The molecule has 18 heavy (non-hydrogen) atoms. The van der Waals surface area contributed by atoms with Crippen molar-refractivity contribution in [2.75, 3.05) is 14.1 Å². The van der Waals surface area contributed by atoms with Gasteiger partial charge in [0.05, 0.1) is 6.42 Å². The van der Waals surface area contributed by atoms with Gasteiger partial charge in [-0.1, -0.05) is 34.6 Å². The lowest BCUT2D eigenvalue weighted by Gasteiger charge is -2.28. The van der Waals surface area contributed by atoms with E-state index in [9.17, 15) is 9.59 Å². The van der Waals surface area contributed by atoms with Crippen LogP contribution in [0.5, 0.6) is 0 Å². The summed E-state index contributed by atoms with van der Waals surface area (Å²) in [6.45, 7) is 11.5. The molecule has 108 valence electrons. The van der Waals surface area contributed by atoms with Crippen LogP contribution >= 0.6 is 0 Å². The Labute approximate surface area is 112 Å². The fourth-order valence-electron chi connectivity index (χ4n) is 1.96. The van der Waals surface area contributed by atoms with E-state index in [1.165, 1.54) is 6.92 Å². The Hall–Kier alpha value is -0.900. The molecule has 0 aromatic carbocycles. The number of nitrogens with zero attached hydrogens (tertiary/aromatic N) is 1. The topological polar surface area (TPSA) is 46.6 Å². The first kappa shape index (κ1) is 19.4. The Kier molecular flexibility index (Phi) is 10.9. The molecule has 0 N–H and O–H groups in total. The minimum Gasteiger partial charge on any atom is -0.460 e. The molecular formula is C14H29NO3. The zero-order chi connectivity index (χ0) is 14.9. The summed E-state index contributed by atoms with van der Waals surface area (Å²) in [6.07, 6.45) is 0.137. The van der Waals surface area contributed by atoms with Crippen molar-refractivity contribution < 1.29 is 14.3 Å². The molecule has 1 aliphatic rings. The fraction of sp³-hybridized carbons (Fsp3) is 0.857. The van der Waals surface area contributed by atoms with E-state index >= 15 is 0 Å². The van der Waals surface area contributed by atoms with Gasteiger partial charge in [-0.2, -0.15) is 0 Å². The van der Waals surface area contributed by atoms with Crippen LogP contribution in [0.15, 0.2) is 0 Å². The number of rotatable bonds is 3. The van der Waals surface area contributed by atoms with Gasteiger partial charge in [-0.05, 0) is 21.0 Å². The number of cyclic esters (lactones) is 1. The van der Waals surface area contributed by atoms with Gasteiger partial charge in [-0.25, -0.2) is 0 Å². The van der Waals surface area contributed by atoms with Gasteiger partial charge in [0.15, 0.2) is 5.78 Å². The predicted octanol–water partition coefficient (Wildman–Crippen LogP) is 2.51. The van der Waals surface area contributed by atoms with E-state index in [1.54, 1.807) is 0 Å². The SMILES string of the molecule is CC.CC.CC(=O)[C@H](C1OC(=O)C[C@H]1C)N(C)C. The van der Waals surface area contributed by atoms with Crippen molar-refractivity contribution in [1.82, 2.24) is 4.90 Å². The number of likely N-dealkylation sites (N-methyl/N-ethyl adjacent to an activating group) is 1. The highest BCUT2D eigenvalue weighted by molar-refractivity contribution is 5.83. The maximum Gasteiger partial charge on any atom is 0.306 e. The maximum atomic E-state index is 11.4. The summed E-state index contributed by atoms with van der Waals surface area (Å²) in [7, 11) is 3.65. The summed E-state index contributed by atoms with van der Waals surface area (Å²) in [5.41, 5.74) is 0. The van der Waals surface area contributed by atoms with Crippen LogP contribution in [-0.2, 0) is 14.3 Å². The maximum absolute atomic E-state index is 11.4. The minimum absolute atomic E-state index is 0.0431. The predicted molar refractivity (Wildman–Crippen MR) is 74.5 cm³/mol. The van der Waals surface area contributed by atoms with E-state index in [2.05, 4.69) is 0 Å². The van der Waals surface area contributed by atoms with Gasteiger partial charge < -0.3 is 4.74 Å². The lowest BCUT2D eigenvalue weighted by molar-refractivity contribution is -0.145. The first-order chi connectivity index (χ1) is 8.43. The summed E-state index contributed by atoms with van der Waals surface area (Å²) in [5, 5.41) is 0. The zero-order valence-electron chi connectivity index (χ0n) is 13.1. The monoisotopic (exact) mass is 259 g/mol. The Balaban J connectivity index is 0. The second-order valence-electron chi connectivity index (χ2n) is 4.15. The van der Waals surface area contributed by atoms with Gasteiger partial charge in [0, 0.05) is 5.92 Å². The molecule has 4 nitrogen and oxygen atoms in total. The molecular weight excluding hydrogens is 230 g/mol. The van der Waals surface area contributed by atoms with Gasteiger partial charge in [0.2, 0.25) is 0 Å². The Morgan fingerprint density at radius 3 is 1.94 bits per heavy atom. The average molecular weight is 259 g/mol. The molecule has 0 spiro atoms. The van der Waals surface area contributed by atoms with Gasteiger partial charge >= 0.3 is 5.97 Å². The molecule has 0 amide bonds. The third kappa shape index (κ3) is 5.63. The molecule has 0 saturated carbocycles. The molecule has 1 fully saturated rings. The van der Waals surface area contributed by atoms with Crippen LogP contribution in [0.3, 0.4) is 0 Å². The van der Waals surface area contributed by atoms with E-state index in [0.29, 0.717) is 6.42 Å². The van der Waals surface area contributed by atoms with E-state index in [0.717, 1.165) is 0 Å². The standard InChI is InChI=1S/C10H17NO3.2C2H6/c1-6-5-8(13)14-10(6)9(7(2)12)11(3)4;2*1-2/h6,9-10H,5H2,1-4H3;2*1-2H3/t6-,9-,10?;;/m1../s1. The van der Waals surface area contributed by atoms with Crippen molar-refractivity contribution in [2.45, 2.75) is 60.1 Å². The lowest BCUT2D eigenvalue weighted by Crippen LogP contribution is -2.46. The molecule has 0 aromatic rings. The highest BCUT2D eigenvalue weighted by Crippen LogP contribution is 2.26. The molecule has 1 saturated heterocycles. The third-order valence-electron chi connectivity index (χ3n) is 2.60. The summed E-state index contributed by atoms with van der Waals surface area (Å²) >= 11 is 0. The number of carbonyl (C=O) groups excluding carboxylic acids is 2. The van der Waals surface area contributed by atoms with E-state index in [1.807, 2.05) is 53.6 Å². The van der Waals surface area contributed by atoms with Crippen molar-refractivity contribution in [1.29, 1.82) is 0 Å². The van der Waals surface area contributed by atoms with Gasteiger partial charge in [0.25, 0.3) is 0 Å². The molecule has 1 aliphatic heterocycles. The molecule has 0 aromatic heterocycles. The van der Waals surface area contributed by atoms with Crippen molar-refractivity contribution in [3.05, 3.63) is 0 Å². The lowest BCUT2D eigenvalue weighted by atomic mass is 9.94. The molecule has 0 radical (unpaired) electrons. The second kappa shape index (κ2) is 10.1. The Bertz CT molecular complexity index is 251. The Morgan fingerprint density at radius 1 is 1.28 bits per heavy atom. The van der Waals surface area contributed by atoms with Crippen LogP contribution in [0.25, 0.3) is 0 Å². The normalized spacial score (nSPS) is 23.3. The fourth-order valence-corrected chi connectivity index (χ4v) is 1.96.